The van der Waals surface area contributed by atoms with Crippen molar-refractivity contribution in [3.8, 4) is 0 Å². The van der Waals surface area contributed by atoms with Crippen LogP contribution in [-0.4, -0.2) is 5.78 Å². The zero-order valence-electron chi connectivity index (χ0n) is 8.60. The fraction of sp³-hybridized carbons (Fsp3) is 0.750. The minimum Gasteiger partial charge on any atom is -0.299 e. The highest BCUT2D eigenvalue weighted by atomic mass is 16.1. The SMILES string of the molecule is C=C1CCC2(C)CC1C(C)CC2=O. The molecule has 2 aliphatic rings. The van der Waals surface area contributed by atoms with Crippen LogP contribution in [0.15, 0.2) is 12.2 Å². The molecule has 0 spiro atoms. The first-order valence-corrected chi connectivity index (χ1v) is 5.24. The van der Waals surface area contributed by atoms with Crippen LogP contribution >= 0.6 is 0 Å². The lowest BCUT2D eigenvalue weighted by molar-refractivity contribution is -0.135. The first-order valence-electron chi connectivity index (χ1n) is 5.24. The van der Waals surface area contributed by atoms with Gasteiger partial charge in [-0.3, -0.25) is 4.79 Å². The van der Waals surface area contributed by atoms with Gasteiger partial charge in [0.25, 0.3) is 0 Å². The third kappa shape index (κ3) is 1.25. The smallest absolute Gasteiger partial charge is 0.139 e. The number of allylic oxidation sites excluding steroid dienone is 1. The summed E-state index contributed by atoms with van der Waals surface area (Å²) in [5.74, 6) is 1.65. The molecule has 2 bridgehead atoms. The molecule has 0 amide bonds. The second kappa shape index (κ2) is 2.70. The number of hydrogen-bond donors (Lipinski definition) is 0. The quantitative estimate of drug-likeness (QED) is 0.521. The molecule has 1 heteroatoms. The summed E-state index contributed by atoms with van der Waals surface area (Å²) in [6.07, 6.45) is 3.94. The van der Waals surface area contributed by atoms with Crippen LogP contribution in [-0.2, 0) is 4.79 Å². The van der Waals surface area contributed by atoms with Gasteiger partial charge in [-0.25, -0.2) is 0 Å². The Morgan fingerprint density at radius 2 is 2.23 bits per heavy atom. The molecule has 72 valence electrons. The summed E-state index contributed by atoms with van der Waals surface area (Å²) in [5, 5.41) is 0. The zero-order valence-corrected chi connectivity index (χ0v) is 8.60. The highest BCUT2D eigenvalue weighted by molar-refractivity contribution is 5.86. The van der Waals surface area contributed by atoms with Gasteiger partial charge in [-0.1, -0.05) is 26.0 Å². The molecule has 0 N–H and O–H groups in total. The normalized spacial score (nSPS) is 45.1. The summed E-state index contributed by atoms with van der Waals surface area (Å²) < 4.78 is 0. The van der Waals surface area contributed by atoms with Gasteiger partial charge in [0.05, 0.1) is 0 Å². The molecule has 0 saturated heterocycles. The fourth-order valence-corrected chi connectivity index (χ4v) is 2.89. The van der Waals surface area contributed by atoms with Crippen molar-refractivity contribution in [2.75, 3.05) is 0 Å². The van der Waals surface area contributed by atoms with Crippen molar-refractivity contribution in [3.05, 3.63) is 12.2 Å². The van der Waals surface area contributed by atoms with E-state index in [9.17, 15) is 4.79 Å². The van der Waals surface area contributed by atoms with Gasteiger partial charge in [0.2, 0.25) is 0 Å². The van der Waals surface area contributed by atoms with E-state index in [1.54, 1.807) is 0 Å². The molecular weight excluding hydrogens is 160 g/mol. The van der Waals surface area contributed by atoms with E-state index in [0.717, 1.165) is 25.7 Å². The first-order chi connectivity index (χ1) is 6.03. The predicted octanol–water partition coefficient (Wildman–Crippen LogP) is 2.96. The van der Waals surface area contributed by atoms with Crippen LogP contribution in [0.1, 0.15) is 39.5 Å². The van der Waals surface area contributed by atoms with E-state index in [1.807, 2.05) is 0 Å². The van der Waals surface area contributed by atoms with Gasteiger partial charge in [0.1, 0.15) is 5.78 Å². The molecule has 0 radical (unpaired) electrons. The first kappa shape index (κ1) is 8.98. The largest absolute Gasteiger partial charge is 0.299 e. The van der Waals surface area contributed by atoms with Crippen molar-refractivity contribution in [1.82, 2.24) is 0 Å². The molecule has 13 heavy (non-hydrogen) atoms. The van der Waals surface area contributed by atoms with E-state index in [2.05, 4.69) is 20.4 Å². The van der Waals surface area contributed by atoms with Gasteiger partial charge in [-0.15, -0.1) is 0 Å². The maximum absolute atomic E-state index is 11.8. The molecule has 0 aromatic carbocycles. The maximum Gasteiger partial charge on any atom is 0.139 e. The number of carbonyl (C=O) groups is 1. The van der Waals surface area contributed by atoms with Crippen LogP contribution in [0, 0.1) is 17.3 Å². The third-order valence-electron chi connectivity index (χ3n) is 4.06. The standard InChI is InChI=1S/C12H18O/c1-8-4-5-12(3)7-10(8)9(2)6-11(12)13/h9-10H,1,4-7H2,2-3H3. The summed E-state index contributed by atoms with van der Waals surface area (Å²) >= 11 is 0. The average molecular weight is 178 g/mol. The van der Waals surface area contributed by atoms with E-state index < -0.39 is 0 Å². The van der Waals surface area contributed by atoms with Gasteiger partial charge < -0.3 is 0 Å². The summed E-state index contributed by atoms with van der Waals surface area (Å²) in [4.78, 5) is 11.8. The van der Waals surface area contributed by atoms with Gasteiger partial charge >= 0.3 is 0 Å². The summed E-state index contributed by atoms with van der Waals surface area (Å²) in [6.45, 7) is 8.46. The molecule has 2 saturated carbocycles. The molecular formula is C12H18O. The molecule has 2 rings (SSSR count). The summed E-state index contributed by atoms with van der Waals surface area (Å²) in [5.41, 5.74) is 1.38. The Morgan fingerprint density at radius 1 is 1.54 bits per heavy atom. The summed E-state index contributed by atoms with van der Waals surface area (Å²) in [6, 6.07) is 0. The third-order valence-corrected chi connectivity index (χ3v) is 4.06. The van der Waals surface area contributed by atoms with E-state index in [-0.39, 0.29) is 5.41 Å². The molecule has 1 nitrogen and oxygen atoms in total. The van der Waals surface area contributed by atoms with E-state index >= 15 is 0 Å². The minimum atomic E-state index is -0.00162. The topological polar surface area (TPSA) is 17.1 Å². The lowest BCUT2D eigenvalue weighted by Crippen LogP contribution is -2.42. The van der Waals surface area contributed by atoms with E-state index in [0.29, 0.717) is 17.6 Å². The second-order valence-electron chi connectivity index (χ2n) is 5.13. The molecule has 3 atom stereocenters. The maximum atomic E-state index is 11.8. The van der Waals surface area contributed by atoms with Gasteiger partial charge in [0, 0.05) is 11.8 Å². The summed E-state index contributed by atoms with van der Waals surface area (Å²) in [7, 11) is 0. The van der Waals surface area contributed by atoms with Crippen molar-refractivity contribution in [1.29, 1.82) is 0 Å². The predicted molar refractivity (Wildman–Crippen MR) is 53.4 cm³/mol. The van der Waals surface area contributed by atoms with Crippen LogP contribution < -0.4 is 0 Å². The van der Waals surface area contributed by atoms with E-state index in [1.165, 1.54) is 5.57 Å². The Morgan fingerprint density at radius 3 is 2.92 bits per heavy atom. The van der Waals surface area contributed by atoms with Crippen molar-refractivity contribution in [3.63, 3.8) is 0 Å². The minimum absolute atomic E-state index is 0.00162. The fourth-order valence-electron chi connectivity index (χ4n) is 2.89. The van der Waals surface area contributed by atoms with E-state index in [4.69, 9.17) is 0 Å². The van der Waals surface area contributed by atoms with Gasteiger partial charge in [-0.05, 0) is 31.1 Å². The van der Waals surface area contributed by atoms with Gasteiger partial charge in [0.15, 0.2) is 0 Å². The van der Waals surface area contributed by atoms with Crippen LogP contribution in [0.4, 0.5) is 0 Å². The van der Waals surface area contributed by atoms with Crippen molar-refractivity contribution in [2.45, 2.75) is 39.5 Å². The second-order valence-corrected chi connectivity index (χ2v) is 5.13. The molecule has 3 unspecified atom stereocenters. The number of ketones is 1. The molecule has 0 aliphatic heterocycles. The lowest BCUT2D eigenvalue weighted by Gasteiger charge is -2.45. The number of rotatable bonds is 0. The molecule has 0 aromatic rings. The number of hydrogen-bond acceptors (Lipinski definition) is 1. The van der Waals surface area contributed by atoms with Crippen molar-refractivity contribution >= 4 is 5.78 Å². The Kier molecular flexibility index (Phi) is 1.86. The zero-order chi connectivity index (χ0) is 9.64. The Hall–Kier alpha value is -0.590. The Balaban J connectivity index is 2.29. The van der Waals surface area contributed by atoms with Crippen molar-refractivity contribution < 1.29 is 4.79 Å². The van der Waals surface area contributed by atoms with Crippen LogP contribution in [0.3, 0.4) is 0 Å². The highest BCUT2D eigenvalue weighted by Gasteiger charge is 2.45. The Labute approximate surface area is 80.2 Å². The molecule has 2 aliphatic carbocycles. The molecule has 0 heterocycles. The van der Waals surface area contributed by atoms with Crippen LogP contribution in [0.5, 0.6) is 0 Å². The van der Waals surface area contributed by atoms with Gasteiger partial charge in [-0.2, -0.15) is 0 Å². The highest BCUT2D eigenvalue weighted by Crippen LogP contribution is 2.50. The number of carbonyl (C=O) groups excluding carboxylic acids is 1. The Bertz CT molecular complexity index is 266. The number of fused-ring (bicyclic) bond motifs is 2. The monoisotopic (exact) mass is 178 g/mol. The number of Topliss-reactive ketones (excluding diaryl/α,β-unsaturated/α-hetero) is 1. The molecule has 2 fully saturated rings. The van der Waals surface area contributed by atoms with Crippen molar-refractivity contribution in [2.24, 2.45) is 17.3 Å². The average Bonchev–Trinajstić information content (AvgIpc) is 2.07. The van der Waals surface area contributed by atoms with Crippen LogP contribution in [0.25, 0.3) is 0 Å². The van der Waals surface area contributed by atoms with Crippen LogP contribution in [0.2, 0.25) is 0 Å². The molecule has 0 aromatic heterocycles. The lowest BCUT2D eigenvalue weighted by atomic mass is 9.58.